The fourth-order valence-electron chi connectivity index (χ4n) is 5.60. The predicted octanol–water partition coefficient (Wildman–Crippen LogP) is 6.25. The second-order valence-corrected chi connectivity index (χ2v) is 9.42. The van der Waals surface area contributed by atoms with E-state index in [0.29, 0.717) is 33.6 Å². The molecule has 0 radical (unpaired) electrons. The largest absolute Gasteiger partial charge is 0.308 e. The van der Waals surface area contributed by atoms with Gasteiger partial charge in [0.15, 0.2) is 0 Å². The van der Waals surface area contributed by atoms with Crippen molar-refractivity contribution in [2.45, 2.75) is 20.8 Å². The van der Waals surface area contributed by atoms with E-state index < -0.39 is 5.91 Å². The van der Waals surface area contributed by atoms with Crippen LogP contribution in [0.4, 0.5) is 5.69 Å². The van der Waals surface area contributed by atoms with Crippen LogP contribution in [0.1, 0.15) is 48.5 Å². The molecule has 37 heavy (non-hydrogen) atoms. The van der Waals surface area contributed by atoms with E-state index in [4.69, 9.17) is 0 Å². The van der Waals surface area contributed by atoms with Gasteiger partial charge in [-0.3, -0.25) is 9.59 Å². The minimum Gasteiger partial charge on any atom is -0.308 e. The van der Waals surface area contributed by atoms with Crippen molar-refractivity contribution in [1.29, 1.82) is 10.5 Å². The lowest BCUT2D eigenvalue weighted by molar-refractivity contribution is 0.0925. The molecule has 6 rings (SSSR count). The SMILES string of the molecule is Cc1cc(C)c(N2C(=O)c3cccc(-n4c5cc(C#N)ccc5c5ccc(C#N)cc54)c3C2=O)c(C)c1. The van der Waals surface area contributed by atoms with Crippen LogP contribution >= 0.6 is 0 Å². The van der Waals surface area contributed by atoms with Crippen molar-refractivity contribution >= 4 is 39.3 Å². The lowest BCUT2D eigenvalue weighted by Gasteiger charge is -2.20. The third kappa shape index (κ3) is 3.10. The number of benzene rings is 4. The Labute approximate surface area is 213 Å². The van der Waals surface area contributed by atoms with Crippen LogP contribution < -0.4 is 4.90 Å². The molecule has 0 saturated carbocycles. The normalized spacial score (nSPS) is 12.7. The summed E-state index contributed by atoms with van der Waals surface area (Å²) < 4.78 is 1.88. The van der Waals surface area contributed by atoms with E-state index in [0.717, 1.165) is 38.5 Å². The number of amides is 2. The summed E-state index contributed by atoms with van der Waals surface area (Å²) in [5, 5.41) is 20.9. The van der Waals surface area contributed by atoms with Crippen LogP contribution in [-0.2, 0) is 0 Å². The van der Waals surface area contributed by atoms with Crippen LogP contribution in [0.2, 0.25) is 0 Å². The van der Waals surface area contributed by atoms with Gasteiger partial charge in [-0.1, -0.05) is 35.9 Å². The van der Waals surface area contributed by atoms with Crippen molar-refractivity contribution in [3.8, 4) is 17.8 Å². The number of anilines is 1. The zero-order valence-corrected chi connectivity index (χ0v) is 20.5. The molecule has 0 N–H and O–H groups in total. The van der Waals surface area contributed by atoms with Gasteiger partial charge in [-0.15, -0.1) is 0 Å². The molecule has 2 amide bonds. The molecule has 0 spiro atoms. The zero-order valence-electron chi connectivity index (χ0n) is 20.5. The molecular weight excluding hydrogens is 460 g/mol. The van der Waals surface area contributed by atoms with Gasteiger partial charge in [-0.05, 0) is 68.3 Å². The fraction of sp³-hybridized carbons (Fsp3) is 0.0968. The number of carbonyl (C=O) groups is 2. The first kappa shape index (κ1) is 22.3. The highest BCUT2D eigenvalue weighted by atomic mass is 16.2. The average molecular weight is 481 g/mol. The standard InChI is InChI=1S/C31H20N4O2/c1-17-11-18(2)29(19(3)12-17)35-30(36)24-5-4-6-25(28(24)31(35)37)34-26-13-20(15-32)7-9-22(26)23-10-8-21(16-33)14-27(23)34/h4-14H,1-3H3. The second-order valence-electron chi connectivity index (χ2n) is 9.42. The van der Waals surface area contributed by atoms with Crippen molar-refractivity contribution in [2.24, 2.45) is 0 Å². The van der Waals surface area contributed by atoms with Crippen LogP contribution in [0.25, 0.3) is 27.5 Å². The summed E-state index contributed by atoms with van der Waals surface area (Å²) in [5.74, 6) is -0.762. The molecule has 1 aromatic heterocycles. The molecular formula is C31H20N4O2. The molecule has 4 aromatic carbocycles. The minimum absolute atomic E-state index is 0.301. The molecule has 1 aliphatic heterocycles. The first-order chi connectivity index (χ1) is 17.8. The molecule has 0 unspecified atom stereocenters. The monoisotopic (exact) mass is 480 g/mol. The third-order valence-corrected chi connectivity index (χ3v) is 7.02. The van der Waals surface area contributed by atoms with Gasteiger partial charge in [0.2, 0.25) is 0 Å². The Hall–Kier alpha value is -5.20. The molecule has 0 bridgehead atoms. The molecule has 176 valence electrons. The van der Waals surface area contributed by atoms with Gasteiger partial charge in [0, 0.05) is 10.8 Å². The quantitative estimate of drug-likeness (QED) is 0.279. The molecule has 0 fully saturated rings. The zero-order chi connectivity index (χ0) is 26.0. The number of aryl methyl sites for hydroxylation is 3. The smallest absolute Gasteiger partial charge is 0.268 e. The Balaban J connectivity index is 1.68. The fourth-order valence-corrected chi connectivity index (χ4v) is 5.60. The number of fused-ring (bicyclic) bond motifs is 4. The maximum absolute atomic E-state index is 14.0. The summed E-state index contributed by atoms with van der Waals surface area (Å²) in [6, 6.07) is 24.3. The average Bonchev–Trinajstić information content (AvgIpc) is 3.34. The van der Waals surface area contributed by atoms with Crippen LogP contribution in [0.15, 0.2) is 66.7 Å². The Morgan fingerprint density at radius 2 is 1.27 bits per heavy atom. The highest BCUT2D eigenvalue weighted by Crippen LogP contribution is 2.39. The van der Waals surface area contributed by atoms with E-state index in [2.05, 4.69) is 12.1 Å². The van der Waals surface area contributed by atoms with Gasteiger partial charge in [0.25, 0.3) is 11.8 Å². The molecule has 6 heteroatoms. The van der Waals surface area contributed by atoms with E-state index in [1.54, 1.807) is 42.5 Å². The van der Waals surface area contributed by atoms with Crippen LogP contribution in [0, 0.1) is 43.4 Å². The number of hydrogen-bond donors (Lipinski definition) is 0. The number of nitriles is 2. The van der Waals surface area contributed by atoms with Gasteiger partial charge >= 0.3 is 0 Å². The van der Waals surface area contributed by atoms with Crippen molar-refractivity contribution < 1.29 is 9.59 Å². The van der Waals surface area contributed by atoms with Crippen LogP contribution in [0.3, 0.4) is 0 Å². The van der Waals surface area contributed by atoms with Gasteiger partial charge < -0.3 is 4.57 Å². The van der Waals surface area contributed by atoms with Crippen molar-refractivity contribution in [1.82, 2.24) is 4.57 Å². The highest BCUT2D eigenvalue weighted by Gasteiger charge is 2.40. The molecule has 1 aliphatic rings. The lowest BCUT2D eigenvalue weighted by atomic mass is 10.0. The highest BCUT2D eigenvalue weighted by molar-refractivity contribution is 6.36. The number of nitrogens with zero attached hydrogens (tertiary/aromatic N) is 4. The Morgan fingerprint density at radius 1 is 0.703 bits per heavy atom. The summed E-state index contributed by atoms with van der Waals surface area (Å²) in [4.78, 5) is 28.9. The number of hydrogen-bond acceptors (Lipinski definition) is 4. The van der Waals surface area contributed by atoms with E-state index >= 15 is 0 Å². The summed E-state index contributed by atoms with van der Waals surface area (Å²) in [6.45, 7) is 5.79. The summed E-state index contributed by atoms with van der Waals surface area (Å²) >= 11 is 0. The van der Waals surface area contributed by atoms with Gasteiger partial charge in [-0.25, -0.2) is 4.90 Å². The molecule has 0 atom stereocenters. The Kier molecular flexibility index (Phi) is 4.76. The summed E-state index contributed by atoms with van der Waals surface area (Å²) in [5.41, 5.74) is 6.90. The first-order valence-corrected chi connectivity index (χ1v) is 11.8. The van der Waals surface area contributed by atoms with E-state index in [9.17, 15) is 20.1 Å². The van der Waals surface area contributed by atoms with Gasteiger partial charge in [0.05, 0.1) is 56.8 Å². The van der Waals surface area contributed by atoms with Crippen molar-refractivity contribution in [3.63, 3.8) is 0 Å². The minimum atomic E-state index is -0.395. The van der Waals surface area contributed by atoms with Crippen LogP contribution in [0.5, 0.6) is 0 Å². The molecule has 0 saturated heterocycles. The maximum Gasteiger partial charge on any atom is 0.268 e. The first-order valence-electron chi connectivity index (χ1n) is 11.8. The van der Waals surface area contributed by atoms with Gasteiger partial charge in [0.1, 0.15) is 0 Å². The summed E-state index contributed by atoms with van der Waals surface area (Å²) in [6.07, 6.45) is 0. The lowest BCUT2D eigenvalue weighted by Crippen LogP contribution is -2.31. The van der Waals surface area contributed by atoms with Crippen LogP contribution in [-0.4, -0.2) is 16.4 Å². The number of carbonyl (C=O) groups excluding carboxylic acids is 2. The predicted molar refractivity (Wildman–Crippen MR) is 142 cm³/mol. The Bertz CT molecular complexity index is 1840. The Morgan fingerprint density at radius 3 is 1.81 bits per heavy atom. The third-order valence-electron chi connectivity index (χ3n) is 7.02. The molecule has 5 aromatic rings. The molecule has 2 heterocycles. The van der Waals surface area contributed by atoms with E-state index in [1.165, 1.54) is 4.90 Å². The van der Waals surface area contributed by atoms with E-state index in [-0.39, 0.29) is 5.91 Å². The van der Waals surface area contributed by atoms with Crippen molar-refractivity contribution in [3.05, 3.63) is 106 Å². The topological polar surface area (TPSA) is 89.9 Å². The number of imide groups is 1. The van der Waals surface area contributed by atoms with Gasteiger partial charge in [-0.2, -0.15) is 10.5 Å². The number of rotatable bonds is 2. The van der Waals surface area contributed by atoms with Crippen molar-refractivity contribution in [2.75, 3.05) is 4.90 Å². The van der Waals surface area contributed by atoms with E-state index in [1.807, 2.05) is 49.6 Å². The maximum atomic E-state index is 14.0. The number of aromatic nitrogens is 1. The summed E-state index contributed by atoms with van der Waals surface area (Å²) in [7, 11) is 0. The molecule has 0 aliphatic carbocycles. The molecule has 6 nitrogen and oxygen atoms in total. The second kappa shape index (κ2) is 7.91.